The number of esters is 1. The molecule has 15 heteroatoms. The number of likely N-dealkylation sites (N-methyl/N-ethyl adjacent to an activating group) is 1. The number of carbonyl (C=O) groups is 4. The Morgan fingerprint density at radius 1 is 1.02 bits per heavy atom. The van der Waals surface area contributed by atoms with Gasteiger partial charge in [-0.25, -0.2) is 9.78 Å². The number of hydrogen-bond donors (Lipinski definition) is 5. The number of cyclic esters (lactones) is 1. The number of aromatic nitrogens is 2. The van der Waals surface area contributed by atoms with Gasteiger partial charge in [-0.2, -0.15) is 0 Å². The fourth-order valence-corrected chi connectivity index (χ4v) is 8.59. The molecule has 2 aliphatic rings. The third-order valence-electron chi connectivity index (χ3n) is 12.3. The second kappa shape index (κ2) is 20.6. The van der Waals surface area contributed by atoms with Crippen molar-refractivity contribution < 1.29 is 33.8 Å². The fraction of sp³-hybridized carbons (Fsp3) is 0.469. The number of anilines is 1. The Morgan fingerprint density at radius 3 is 2.42 bits per heavy atom. The molecular weight excluding hydrogens is 815 g/mol. The van der Waals surface area contributed by atoms with Crippen molar-refractivity contribution in [3.05, 3.63) is 105 Å². The Balaban J connectivity index is 1.12. The third kappa shape index (κ3) is 10.2. The summed E-state index contributed by atoms with van der Waals surface area (Å²) in [4.78, 5) is 72.1. The predicted molar refractivity (Wildman–Crippen MR) is 246 cm³/mol. The van der Waals surface area contributed by atoms with E-state index in [0.29, 0.717) is 74.7 Å². The summed E-state index contributed by atoms with van der Waals surface area (Å²) in [5.41, 5.74) is 3.72. The van der Waals surface area contributed by atoms with Crippen molar-refractivity contribution in [2.75, 3.05) is 25.5 Å². The van der Waals surface area contributed by atoms with Gasteiger partial charge in [0.1, 0.15) is 19.3 Å². The molecule has 2 aromatic carbocycles. The Bertz CT molecular complexity index is 2450. The number of aliphatic hydroxyl groups is 1. The zero-order chi connectivity index (χ0) is 46.3. The molecule has 6 rings (SSSR count). The summed E-state index contributed by atoms with van der Waals surface area (Å²) in [6.45, 7) is 17.2. The number of pyridine rings is 2. The average molecular weight is 878 g/mol. The SMILES string of the molecule is C=C(OCc1ccc(NC(=O)[C@H](CCCCNC(=O)CC)NC(=O)[C@@H](NC)C(C)C)cc1)N(CCc1c2c(nc3ccccc13)-c1cc3c(c(=O)n1C2)COC(=O)[C@]3(O)CC)C(C)C. The minimum absolute atomic E-state index is 0.0223. The molecule has 0 saturated heterocycles. The molecule has 2 aliphatic heterocycles. The van der Waals surface area contributed by atoms with E-state index in [1.54, 1.807) is 43.7 Å². The monoisotopic (exact) mass is 877 g/mol. The molecule has 4 heterocycles. The van der Waals surface area contributed by atoms with Crippen LogP contribution >= 0.6 is 0 Å². The maximum Gasteiger partial charge on any atom is 0.343 e. The van der Waals surface area contributed by atoms with Crippen LogP contribution in [-0.4, -0.2) is 81.5 Å². The van der Waals surface area contributed by atoms with Crippen LogP contribution in [-0.2, 0) is 60.4 Å². The highest BCUT2D eigenvalue weighted by Crippen LogP contribution is 2.40. The summed E-state index contributed by atoms with van der Waals surface area (Å²) in [5.74, 6) is -0.845. The molecule has 2 aromatic heterocycles. The van der Waals surface area contributed by atoms with Crippen LogP contribution < -0.4 is 26.8 Å². The highest BCUT2D eigenvalue weighted by atomic mass is 16.6. The maximum absolute atomic E-state index is 13.9. The van der Waals surface area contributed by atoms with E-state index in [2.05, 4.69) is 46.6 Å². The summed E-state index contributed by atoms with van der Waals surface area (Å²) in [7, 11) is 1.72. The number of ether oxygens (including phenoxy) is 2. The lowest BCUT2D eigenvalue weighted by Crippen LogP contribution is -2.52. The van der Waals surface area contributed by atoms with Crippen LogP contribution in [0.3, 0.4) is 0 Å². The number of hydrogen-bond acceptors (Lipinski definition) is 11. The molecular formula is C49H63N7O8. The molecule has 0 aliphatic carbocycles. The number of nitrogens with zero attached hydrogens (tertiary/aromatic N) is 3. The largest absolute Gasteiger partial charge is 0.475 e. The first-order valence-electron chi connectivity index (χ1n) is 22.4. The molecule has 15 nitrogen and oxygen atoms in total. The quantitative estimate of drug-likeness (QED) is 0.0361. The van der Waals surface area contributed by atoms with Crippen molar-refractivity contribution in [3.8, 4) is 11.4 Å². The van der Waals surface area contributed by atoms with E-state index in [1.165, 1.54) is 0 Å². The number of unbranched alkanes of at least 4 members (excludes halogenated alkanes) is 1. The Morgan fingerprint density at radius 2 is 1.75 bits per heavy atom. The molecule has 0 unspecified atom stereocenters. The van der Waals surface area contributed by atoms with Gasteiger partial charge in [0, 0.05) is 47.8 Å². The van der Waals surface area contributed by atoms with E-state index in [9.17, 15) is 29.1 Å². The van der Waals surface area contributed by atoms with E-state index < -0.39 is 23.7 Å². The summed E-state index contributed by atoms with van der Waals surface area (Å²) in [6, 6.07) is 15.8. The van der Waals surface area contributed by atoms with Gasteiger partial charge in [0.2, 0.25) is 17.7 Å². The van der Waals surface area contributed by atoms with Gasteiger partial charge in [0.25, 0.3) is 5.56 Å². The van der Waals surface area contributed by atoms with Crippen LogP contribution in [0.4, 0.5) is 5.69 Å². The lowest BCUT2D eigenvalue weighted by molar-refractivity contribution is -0.172. The number of nitrogens with one attached hydrogen (secondary N) is 4. The van der Waals surface area contributed by atoms with Gasteiger partial charge in [0.05, 0.1) is 35.1 Å². The van der Waals surface area contributed by atoms with E-state index in [1.807, 2.05) is 50.2 Å². The summed E-state index contributed by atoms with van der Waals surface area (Å²) in [5, 5.41) is 24.1. The van der Waals surface area contributed by atoms with Crippen molar-refractivity contribution in [3.63, 3.8) is 0 Å². The van der Waals surface area contributed by atoms with E-state index in [4.69, 9.17) is 14.5 Å². The highest BCUT2D eigenvalue weighted by molar-refractivity contribution is 5.98. The summed E-state index contributed by atoms with van der Waals surface area (Å²) in [6.07, 6.45) is 2.78. The first-order chi connectivity index (χ1) is 30.6. The molecule has 3 amide bonds. The number of benzene rings is 2. The molecule has 0 bridgehead atoms. The predicted octanol–water partition coefficient (Wildman–Crippen LogP) is 5.38. The zero-order valence-electron chi connectivity index (χ0n) is 38.1. The van der Waals surface area contributed by atoms with Crippen molar-refractivity contribution in [2.45, 2.75) is 124 Å². The van der Waals surface area contributed by atoms with Crippen molar-refractivity contribution in [1.29, 1.82) is 0 Å². The molecule has 0 fully saturated rings. The van der Waals surface area contributed by atoms with Crippen LogP contribution in [0, 0.1) is 5.92 Å². The molecule has 64 heavy (non-hydrogen) atoms. The number of rotatable bonds is 21. The van der Waals surface area contributed by atoms with E-state index >= 15 is 0 Å². The number of para-hydroxylation sites is 1. The highest BCUT2D eigenvalue weighted by Gasteiger charge is 2.45. The molecule has 0 radical (unpaired) electrons. The van der Waals surface area contributed by atoms with Gasteiger partial charge < -0.3 is 45.3 Å². The number of amides is 3. The van der Waals surface area contributed by atoms with Crippen LogP contribution in [0.1, 0.15) is 101 Å². The fourth-order valence-electron chi connectivity index (χ4n) is 8.59. The standard InChI is InChI=1S/C49H63N7O8/c1-9-42(57)51-23-14-13-17-40(54-46(59)43(50-8)29(3)4)45(58)52-33-20-18-32(19-21-33)27-63-31(7)55(30(5)6)24-22-34-35-15-11-12-16-39(35)53-44-36(34)26-56-41(44)25-38-37(47(56)60)28-64-48(61)49(38,62)10-2/h11-12,15-16,18-21,25,29-30,40,43,50,62H,7,9-10,13-14,17,22-24,26-28H2,1-6,8H3,(H,51,57)(H,52,58)(H,54,59)/t40-,43-,49-/m0/s1. The van der Waals surface area contributed by atoms with Crippen LogP contribution in [0.15, 0.2) is 71.9 Å². The van der Waals surface area contributed by atoms with E-state index in [0.717, 1.165) is 27.6 Å². The molecule has 342 valence electrons. The maximum atomic E-state index is 13.9. The van der Waals surface area contributed by atoms with Crippen LogP contribution in [0.25, 0.3) is 22.3 Å². The van der Waals surface area contributed by atoms with Gasteiger partial charge >= 0.3 is 5.97 Å². The molecule has 0 saturated carbocycles. The molecule has 5 N–H and O–H groups in total. The first-order valence-corrected chi connectivity index (χ1v) is 22.4. The van der Waals surface area contributed by atoms with Gasteiger partial charge in [-0.3, -0.25) is 19.2 Å². The van der Waals surface area contributed by atoms with E-state index in [-0.39, 0.29) is 66.0 Å². The van der Waals surface area contributed by atoms with Crippen molar-refractivity contribution in [1.82, 2.24) is 30.4 Å². The lowest BCUT2D eigenvalue weighted by Gasteiger charge is -2.31. The first kappa shape index (κ1) is 47.4. The number of fused-ring (bicyclic) bond motifs is 5. The normalized spacial score (nSPS) is 16.1. The third-order valence-corrected chi connectivity index (χ3v) is 12.3. The average Bonchev–Trinajstić information content (AvgIpc) is 3.65. The Hall–Kier alpha value is -6.06. The molecule has 0 spiro atoms. The second-order valence-corrected chi connectivity index (χ2v) is 17.2. The zero-order valence-corrected chi connectivity index (χ0v) is 38.1. The molecule has 3 atom stereocenters. The van der Waals surface area contributed by atoms with Gasteiger partial charge in [-0.1, -0.05) is 58.0 Å². The minimum Gasteiger partial charge on any atom is -0.475 e. The lowest BCUT2D eigenvalue weighted by atomic mass is 9.86. The summed E-state index contributed by atoms with van der Waals surface area (Å²) >= 11 is 0. The van der Waals surface area contributed by atoms with Crippen LogP contribution in [0.5, 0.6) is 0 Å². The second-order valence-electron chi connectivity index (χ2n) is 17.2. The Labute approximate surface area is 375 Å². The molecule has 4 aromatic rings. The van der Waals surface area contributed by atoms with Crippen molar-refractivity contribution >= 4 is 40.3 Å². The number of carbonyl (C=O) groups excluding carboxylic acids is 4. The smallest absolute Gasteiger partial charge is 0.343 e. The van der Waals surface area contributed by atoms with Gasteiger partial charge in [-0.15, -0.1) is 0 Å². The Kier molecular flexibility index (Phi) is 15.3. The van der Waals surface area contributed by atoms with Crippen LogP contribution in [0.2, 0.25) is 0 Å². The minimum atomic E-state index is -1.91. The van der Waals surface area contributed by atoms with Crippen molar-refractivity contribution in [2.24, 2.45) is 5.92 Å². The van der Waals surface area contributed by atoms with Gasteiger partial charge in [0.15, 0.2) is 11.5 Å². The topological polar surface area (TPSA) is 193 Å². The van der Waals surface area contributed by atoms with Gasteiger partial charge in [-0.05, 0) is 101 Å². The summed E-state index contributed by atoms with van der Waals surface area (Å²) < 4.78 is 13.2.